The molecule has 1 heterocycles. The molecule has 2 atom stereocenters. The third-order valence-corrected chi connectivity index (χ3v) is 5.68. The summed E-state index contributed by atoms with van der Waals surface area (Å²) in [5.41, 5.74) is 0.486. The Kier molecular flexibility index (Phi) is 6.14. The molecule has 0 amide bonds. The van der Waals surface area contributed by atoms with Gasteiger partial charge in [-0.3, -0.25) is 0 Å². The maximum absolute atomic E-state index is 6.14. The molecule has 1 aliphatic carbocycles. The summed E-state index contributed by atoms with van der Waals surface area (Å²) in [5.74, 6) is 3.22. The van der Waals surface area contributed by atoms with Crippen molar-refractivity contribution in [1.29, 1.82) is 0 Å². The summed E-state index contributed by atoms with van der Waals surface area (Å²) < 4.78 is 6.14. The molecule has 0 aromatic carbocycles. The molecule has 2 aliphatic rings. The molecular weight excluding hydrogens is 258 g/mol. The minimum Gasteiger partial charge on any atom is -0.378 e. The first-order chi connectivity index (χ1) is 9.88. The van der Waals surface area contributed by atoms with Gasteiger partial charge in [0.05, 0.1) is 6.10 Å². The Hall–Kier alpha value is -0.0800. The summed E-state index contributed by atoms with van der Waals surface area (Å²) in [5, 5.41) is 3.65. The predicted molar refractivity (Wildman–Crippen MR) is 90.5 cm³/mol. The molecule has 124 valence electrons. The maximum Gasteiger partial charge on any atom is 0.0644 e. The summed E-state index contributed by atoms with van der Waals surface area (Å²) in [6.07, 6.45) is 7.36. The monoisotopic (exact) mass is 295 g/mol. The minimum atomic E-state index is 0.486. The molecule has 0 radical (unpaired) electrons. The second-order valence-corrected chi connectivity index (χ2v) is 8.91. The van der Waals surface area contributed by atoms with Gasteiger partial charge in [0.25, 0.3) is 0 Å². The molecule has 0 aromatic rings. The van der Waals surface area contributed by atoms with E-state index in [0.717, 1.165) is 43.4 Å². The Morgan fingerprint density at radius 3 is 2.29 bits per heavy atom. The summed E-state index contributed by atoms with van der Waals surface area (Å²) >= 11 is 0. The van der Waals surface area contributed by atoms with Gasteiger partial charge >= 0.3 is 0 Å². The van der Waals surface area contributed by atoms with E-state index in [4.69, 9.17) is 4.74 Å². The number of nitrogens with one attached hydrogen (secondary N) is 1. The van der Waals surface area contributed by atoms with E-state index in [0.29, 0.717) is 11.5 Å². The van der Waals surface area contributed by atoms with Crippen LogP contribution in [0, 0.1) is 29.1 Å². The highest BCUT2D eigenvalue weighted by atomic mass is 16.5. The fourth-order valence-corrected chi connectivity index (χ4v) is 4.27. The van der Waals surface area contributed by atoms with E-state index >= 15 is 0 Å². The topological polar surface area (TPSA) is 21.3 Å². The zero-order valence-corrected chi connectivity index (χ0v) is 15.0. The standard InChI is InChI=1S/C19H37NO/c1-14(2)12-20-13-16-10-11-21-18(16)15-6-8-17(9-7-15)19(3,4)5/h14-18,20H,6-13H2,1-5H3. The highest BCUT2D eigenvalue weighted by Gasteiger charge is 2.38. The number of ether oxygens (including phenoxy) is 1. The second kappa shape index (κ2) is 7.46. The molecule has 1 aliphatic heterocycles. The van der Waals surface area contributed by atoms with Crippen LogP contribution in [0.5, 0.6) is 0 Å². The Labute approximate surface area is 132 Å². The van der Waals surface area contributed by atoms with Crippen molar-refractivity contribution in [3.8, 4) is 0 Å². The van der Waals surface area contributed by atoms with Crippen LogP contribution >= 0.6 is 0 Å². The van der Waals surface area contributed by atoms with Gasteiger partial charge in [-0.2, -0.15) is 0 Å². The normalized spacial score (nSPS) is 34.6. The molecule has 21 heavy (non-hydrogen) atoms. The van der Waals surface area contributed by atoms with E-state index in [2.05, 4.69) is 39.9 Å². The van der Waals surface area contributed by atoms with Crippen molar-refractivity contribution in [1.82, 2.24) is 5.32 Å². The molecule has 1 saturated carbocycles. The average Bonchev–Trinajstić information content (AvgIpc) is 2.86. The molecule has 2 heteroatoms. The lowest BCUT2D eigenvalue weighted by molar-refractivity contribution is 0.0103. The lowest BCUT2D eigenvalue weighted by Gasteiger charge is -2.39. The number of hydrogen-bond acceptors (Lipinski definition) is 2. The van der Waals surface area contributed by atoms with Crippen molar-refractivity contribution in [2.45, 2.75) is 72.8 Å². The molecule has 1 saturated heterocycles. The minimum absolute atomic E-state index is 0.486. The summed E-state index contributed by atoms with van der Waals surface area (Å²) in [6.45, 7) is 15.1. The van der Waals surface area contributed by atoms with Crippen LogP contribution < -0.4 is 5.32 Å². The lowest BCUT2D eigenvalue weighted by Crippen LogP contribution is -2.37. The van der Waals surface area contributed by atoms with E-state index in [1.165, 1.54) is 32.1 Å². The lowest BCUT2D eigenvalue weighted by atomic mass is 9.68. The SMILES string of the molecule is CC(C)CNCC1CCOC1C1CCC(C(C)(C)C)CC1. The van der Waals surface area contributed by atoms with E-state index in [-0.39, 0.29) is 0 Å². The van der Waals surface area contributed by atoms with Gasteiger partial charge < -0.3 is 10.1 Å². The van der Waals surface area contributed by atoms with Gasteiger partial charge in [0.1, 0.15) is 0 Å². The van der Waals surface area contributed by atoms with Crippen molar-refractivity contribution in [2.24, 2.45) is 29.1 Å². The molecule has 0 spiro atoms. The Balaban J connectivity index is 1.79. The molecule has 2 unspecified atom stereocenters. The van der Waals surface area contributed by atoms with Crippen LogP contribution in [0.1, 0.15) is 66.7 Å². The summed E-state index contributed by atoms with van der Waals surface area (Å²) in [7, 11) is 0. The highest BCUT2D eigenvalue weighted by molar-refractivity contribution is 4.89. The molecule has 0 bridgehead atoms. The molecule has 0 aromatic heterocycles. The fraction of sp³-hybridized carbons (Fsp3) is 1.00. The van der Waals surface area contributed by atoms with Crippen molar-refractivity contribution in [3.63, 3.8) is 0 Å². The van der Waals surface area contributed by atoms with E-state index in [9.17, 15) is 0 Å². The van der Waals surface area contributed by atoms with E-state index in [1.807, 2.05) is 0 Å². The van der Waals surface area contributed by atoms with Crippen molar-refractivity contribution in [2.75, 3.05) is 19.7 Å². The van der Waals surface area contributed by atoms with Crippen molar-refractivity contribution < 1.29 is 4.74 Å². The zero-order chi connectivity index (χ0) is 15.5. The Morgan fingerprint density at radius 1 is 1.05 bits per heavy atom. The third kappa shape index (κ3) is 4.96. The van der Waals surface area contributed by atoms with Gasteiger partial charge in [0.15, 0.2) is 0 Å². The van der Waals surface area contributed by atoms with Gasteiger partial charge in [-0.25, -0.2) is 0 Å². The van der Waals surface area contributed by atoms with Crippen LogP contribution in [0.25, 0.3) is 0 Å². The third-order valence-electron chi connectivity index (χ3n) is 5.68. The highest BCUT2D eigenvalue weighted by Crippen LogP contribution is 2.43. The van der Waals surface area contributed by atoms with Crippen LogP contribution in [0.3, 0.4) is 0 Å². The smallest absolute Gasteiger partial charge is 0.0644 e. The van der Waals surface area contributed by atoms with Crippen LogP contribution in [-0.2, 0) is 4.74 Å². The van der Waals surface area contributed by atoms with Gasteiger partial charge in [-0.05, 0) is 61.8 Å². The fourth-order valence-electron chi connectivity index (χ4n) is 4.27. The zero-order valence-electron chi connectivity index (χ0n) is 15.0. The average molecular weight is 296 g/mol. The van der Waals surface area contributed by atoms with E-state index in [1.54, 1.807) is 0 Å². The number of rotatable bonds is 5. The largest absolute Gasteiger partial charge is 0.378 e. The molecule has 2 fully saturated rings. The Morgan fingerprint density at radius 2 is 1.71 bits per heavy atom. The molecule has 1 N–H and O–H groups in total. The van der Waals surface area contributed by atoms with Crippen LogP contribution in [-0.4, -0.2) is 25.8 Å². The maximum atomic E-state index is 6.14. The second-order valence-electron chi connectivity index (χ2n) is 8.91. The van der Waals surface area contributed by atoms with E-state index < -0.39 is 0 Å². The molecular formula is C19H37NO. The van der Waals surface area contributed by atoms with Crippen molar-refractivity contribution in [3.05, 3.63) is 0 Å². The number of hydrogen-bond donors (Lipinski definition) is 1. The van der Waals surface area contributed by atoms with Crippen LogP contribution in [0.2, 0.25) is 0 Å². The predicted octanol–water partition coefficient (Wildman–Crippen LogP) is 4.49. The first-order valence-corrected chi connectivity index (χ1v) is 9.20. The molecule has 2 nitrogen and oxygen atoms in total. The van der Waals surface area contributed by atoms with Gasteiger partial charge in [-0.15, -0.1) is 0 Å². The van der Waals surface area contributed by atoms with Gasteiger partial charge in [-0.1, -0.05) is 34.6 Å². The first kappa shape index (κ1) is 17.3. The van der Waals surface area contributed by atoms with Gasteiger partial charge in [0, 0.05) is 19.1 Å². The van der Waals surface area contributed by atoms with Crippen molar-refractivity contribution >= 4 is 0 Å². The summed E-state index contributed by atoms with van der Waals surface area (Å²) in [4.78, 5) is 0. The summed E-state index contributed by atoms with van der Waals surface area (Å²) in [6, 6.07) is 0. The first-order valence-electron chi connectivity index (χ1n) is 9.20. The van der Waals surface area contributed by atoms with Gasteiger partial charge in [0.2, 0.25) is 0 Å². The van der Waals surface area contributed by atoms with Crippen LogP contribution in [0.4, 0.5) is 0 Å². The molecule has 2 rings (SSSR count). The quantitative estimate of drug-likeness (QED) is 0.807. The van der Waals surface area contributed by atoms with Crippen LogP contribution in [0.15, 0.2) is 0 Å². The Bertz CT molecular complexity index is 299.